The monoisotopic (exact) mass is 659 g/mol. The molecule has 5 heterocycles. The quantitative estimate of drug-likeness (QED) is 0.275. The van der Waals surface area contributed by atoms with Crippen LogP contribution in [0.3, 0.4) is 0 Å². The molecule has 0 bridgehead atoms. The number of hydrogen-bond acceptors (Lipinski definition) is 11. The molecule has 2 amide bonds. The molecule has 2 N–H and O–H groups in total. The Hall–Kier alpha value is -4.64. The molecule has 0 unspecified atom stereocenters. The summed E-state index contributed by atoms with van der Waals surface area (Å²) in [6.07, 6.45) is 5.83. The molecule has 2 fully saturated rings. The number of carbonyl (C=O) groups is 1. The van der Waals surface area contributed by atoms with E-state index in [1.54, 1.807) is 41.7 Å². The zero-order valence-electron chi connectivity index (χ0n) is 24.7. The van der Waals surface area contributed by atoms with Crippen LogP contribution in [0.1, 0.15) is 31.2 Å². The molecule has 14 nitrogen and oxygen atoms in total. The van der Waals surface area contributed by atoms with Gasteiger partial charge in [-0.05, 0) is 25.7 Å². The SMILES string of the molecule is COc1ncc(-c2cnc(N(C(=O)N3CC(OC)C3)C3CCC(Nc4ncc(C(F)(F)F)c(-c5[nH]ncc5Cl)n4)CC3)cn2)cn1. The maximum Gasteiger partial charge on any atom is 0.420 e. The van der Waals surface area contributed by atoms with Crippen molar-refractivity contribution in [1.29, 1.82) is 0 Å². The number of nitrogens with one attached hydrogen (secondary N) is 2. The van der Waals surface area contributed by atoms with E-state index in [1.807, 2.05) is 0 Å². The first-order chi connectivity index (χ1) is 22.1. The fraction of sp³-hybridized carbons (Fsp3) is 0.429. The number of alkyl halides is 3. The zero-order valence-corrected chi connectivity index (χ0v) is 25.5. The third-order valence-corrected chi connectivity index (χ3v) is 8.26. The van der Waals surface area contributed by atoms with Gasteiger partial charge in [0.15, 0.2) is 5.82 Å². The second-order valence-corrected chi connectivity index (χ2v) is 11.2. The van der Waals surface area contributed by atoms with Crippen LogP contribution in [0.5, 0.6) is 6.01 Å². The molecule has 6 rings (SSSR count). The summed E-state index contributed by atoms with van der Waals surface area (Å²) in [5, 5.41) is 9.36. The lowest BCUT2D eigenvalue weighted by Crippen LogP contribution is -2.60. The minimum atomic E-state index is -4.69. The summed E-state index contributed by atoms with van der Waals surface area (Å²) in [6.45, 7) is 0.927. The molecular weight excluding hydrogens is 631 g/mol. The number of H-pyrrole nitrogens is 1. The van der Waals surface area contributed by atoms with Gasteiger partial charge < -0.3 is 19.7 Å². The van der Waals surface area contributed by atoms with E-state index < -0.39 is 17.4 Å². The van der Waals surface area contributed by atoms with Crippen molar-refractivity contribution in [3.05, 3.63) is 47.8 Å². The van der Waals surface area contributed by atoms with E-state index in [0.29, 0.717) is 55.8 Å². The number of likely N-dealkylation sites (tertiary alicyclic amines) is 1. The number of carbonyl (C=O) groups excluding carboxylic acids is 1. The fourth-order valence-corrected chi connectivity index (χ4v) is 5.61. The second-order valence-electron chi connectivity index (χ2n) is 10.8. The van der Waals surface area contributed by atoms with Crippen molar-refractivity contribution in [2.24, 2.45) is 0 Å². The van der Waals surface area contributed by atoms with Gasteiger partial charge in [-0.2, -0.15) is 18.3 Å². The number of aromatic amines is 1. The van der Waals surface area contributed by atoms with E-state index in [0.717, 1.165) is 6.20 Å². The molecule has 242 valence electrons. The molecule has 2 aliphatic rings. The molecule has 0 radical (unpaired) electrons. The molecule has 1 saturated heterocycles. The van der Waals surface area contributed by atoms with Crippen LogP contribution in [0.15, 0.2) is 37.2 Å². The molecule has 0 atom stereocenters. The number of anilines is 2. The molecule has 0 spiro atoms. The number of ether oxygens (including phenoxy) is 2. The van der Waals surface area contributed by atoms with Gasteiger partial charge >= 0.3 is 18.2 Å². The Bertz CT molecular complexity index is 1660. The molecule has 18 heteroatoms. The van der Waals surface area contributed by atoms with Crippen LogP contribution in [0.4, 0.5) is 29.7 Å². The van der Waals surface area contributed by atoms with Gasteiger partial charge in [0.1, 0.15) is 17.0 Å². The predicted molar refractivity (Wildman–Crippen MR) is 159 cm³/mol. The minimum Gasteiger partial charge on any atom is -0.467 e. The van der Waals surface area contributed by atoms with Gasteiger partial charge in [-0.15, -0.1) is 0 Å². The molecule has 46 heavy (non-hydrogen) atoms. The molecule has 4 aromatic heterocycles. The Kier molecular flexibility index (Phi) is 8.86. The van der Waals surface area contributed by atoms with Gasteiger partial charge in [-0.25, -0.2) is 29.7 Å². The van der Waals surface area contributed by atoms with E-state index in [9.17, 15) is 18.0 Å². The zero-order chi connectivity index (χ0) is 32.4. The van der Waals surface area contributed by atoms with Gasteiger partial charge in [-0.1, -0.05) is 11.6 Å². The number of halogens is 4. The Balaban J connectivity index is 1.18. The third-order valence-electron chi connectivity index (χ3n) is 7.97. The van der Waals surface area contributed by atoms with Gasteiger partial charge in [0, 0.05) is 43.3 Å². The molecule has 1 saturated carbocycles. The Morgan fingerprint density at radius 1 is 1.00 bits per heavy atom. The first-order valence-electron chi connectivity index (χ1n) is 14.3. The highest BCUT2D eigenvalue weighted by atomic mass is 35.5. The number of methoxy groups -OCH3 is 2. The predicted octanol–water partition coefficient (Wildman–Crippen LogP) is 4.47. The molecule has 0 aromatic carbocycles. The summed E-state index contributed by atoms with van der Waals surface area (Å²) in [6, 6.07) is -0.330. The summed E-state index contributed by atoms with van der Waals surface area (Å²) in [4.78, 5) is 42.5. The van der Waals surface area contributed by atoms with Crippen LogP contribution in [-0.2, 0) is 10.9 Å². The van der Waals surface area contributed by atoms with Crippen molar-refractivity contribution in [2.45, 2.75) is 50.0 Å². The number of amides is 2. The average molecular weight is 660 g/mol. The van der Waals surface area contributed by atoms with Crippen LogP contribution < -0.4 is 15.0 Å². The molecular formula is C28H29ClF3N11O3. The highest BCUT2D eigenvalue weighted by molar-refractivity contribution is 6.32. The van der Waals surface area contributed by atoms with E-state index in [2.05, 4.69) is 45.4 Å². The van der Waals surface area contributed by atoms with Gasteiger partial charge in [0.25, 0.3) is 0 Å². The van der Waals surface area contributed by atoms with Crippen LogP contribution in [-0.4, -0.2) is 96.5 Å². The van der Waals surface area contributed by atoms with Crippen molar-refractivity contribution < 1.29 is 27.4 Å². The lowest BCUT2D eigenvalue weighted by atomic mass is 9.90. The van der Waals surface area contributed by atoms with Crippen molar-refractivity contribution in [3.63, 3.8) is 0 Å². The second kappa shape index (κ2) is 13.0. The van der Waals surface area contributed by atoms with Crippen LogP contribution >= 0.6 is 11.6 Å². The number of urea groups is 1. The lowest BCUT2D eigenvalue weighted by molar-refractivity contribution is -0.137. The Morgan fingerprint density at radius 3 is 2.33 bits per heavy atom. The maximum atomic E-state index is 13.7. The van der Waals surface area contributed by atoms with Crippen molar-refractivity contribution in [2.75, 3.05) is 37.5 Å². The number of aromatic nitrogens is 8. The first kappa shape index (κ1) is 31.3. The standard InChI is InChI=1S/C28H29ClF3N11O3/c1-45-18-13-42(14-18)27(44)43(22-12-33-21(11-34-22)15-7-36-26(46-2)37-8-15)17-5-3-16(4-6-17)39-25-35-9-19(28(30,31)32)23(40-25)24-20(29)10-38-41-24/h7-12,16-18H,3-6,13-14H2,1-2H3,(H,38,41)(H,35,39,40). The summed E-state index contributed by atoms with van der Waals surface area (Å²) in [7, 11) is 3.08. The highest BCUT2D eigenvalue weighted by Gasteiger charge is 2.39. The van der Waals surface area contributed by atoms with Gasteiger partial charge in [-0.3, -0.25) is 15.0 Å². The third kappa shape index (κ3) is 6.50. The summed E-state index contributed by atoms with van der Waals surface area (Å²) in [5.74, 6) is 0.424. The van der Waals surface area contributed by atoms with E-state index in [1.165, 1.54) is 13.3 Å². The summed E-state index contributed by atoms with van der Waals surface area (Å²) < 4.78 is 51.5. The topological polar surface area (TPSA) is 160 Å². The summed E-state index contributed by atoms with van der Waals surface area (Å²) in [5.41, 5.74) is -0.313. The highest BCUT2D eigenvalue weighted by Crippen LogP contribution is 2.38. The number of nitrogens with zero attached hydrogens (tertiary/aromatic N) is 9. The van der Waals surface area contributed by atoms with Gasteiger partial charge in [0.05, 0.1) is 55.6 Å². The smallest absolute Gasteiger partial charge is 0.420 e. The van der Waals surface area contributed by atoms with Crippen LogP contribution in [0, 0.1) is 0 Å². The summed E-state index contributed by atoms with van der Waals surface area (Å²) >= 11 is 6.06. The van der Waals surface area contributed by atoms with Crippen LogP contribution in [0.2, 0.25) is 5.02 Å². The number of rotatable bonds is 8. The number of hydrogen-bond donors (Lipinski definition) is 2. The Morgan fingerprint density at radius 2 is 1.74 bits per heavy atom. The van der Waals surface area contributed by atoms with Crippen molar-refractivity contribution >= 4 is 29.4 Å². The first-order valence-corrected chi connectivity index (χ1v) is 14.7. The normalized spacial score (nSPS) is 18.6. The van der Waals surface area contributed by atoms with E-state index in [-0.39, 0.29) is 46.9 Å². The molecule has 1 aliphatic carbocycles. The molecule has 4 aromatic rings. The average Bonchev–Trinajstić information content (AvgIpc) is 3.47. The largest absolute Gasteiger partial charge is 0.467 e. The van der Waals surface area contributed by atoms with Crippen LogP contribution in [0.25, 0.3) is 22.6 Å². The molecule has 1 aliphatic heterocycles. The van der Waals surface area contributed by atoms with Crippen molar-refractivity contribution in [1.82, 2.24) is 45.0 Å². The maximum absolute atomic E-state index is 13.7. The minimum absolute atomic E-state index is 0.00732. The Labute approximate surface area is 265 Å². The lowest BCUT2D eigenvalue weighted by Gasteiger charge is -2.44. The van der Waals surface area contributed by atoms with E-state index in [4.69, 9.17) is 21.1 Å². The van der Waals surface area contributed by atoms with Crippen molar-refractivity contribution in [3.8, 4) is 28.7 Å². The fourth-order valence-electron chi connectivity index (χ4n) is 5.43. The van der Waals surface area contributed by atoms with E-state index >= 15 is 0 Å². The van der Waals surface area contributed by atoms with Gasteiger partial charge in [0.2, 0.25) is 5.95 Å².